The van der Waals surface area contributed by atoms with E-state index >= 15 is 0 Å². The van der Waals surface area contributed by atoms with Crippen molar-refractivity contribution in [1.29, 1.82) is 0 Å². The van der Waals surface area contributed by atoms with Gasteiger partial charge in [-0.3, -0.25) is 9.36 Å². The monoisotopic (exact) mass is 372 g/mol. The average molecular weight is 372 g/mol. The van der Waals surface area contributed by atoms with E-state index in [2.05, 4.69) is 4.98 Å². The van der Waals surface area contributed by atoms with Gasteiger partial charge in [-0.15, -0.1) is 11.3 Å². The van der Waals surface area contributed by atoms with Crippen LogP contribution in [0.2, 0.25) is 0 Å². The Morgan fingerprint density at radius 1 is 1.27 bits per heavy atom. The molecule has 136 valence electrons. The standard InChI is InChI=1S/C19H20N2O4S/c1-4-15(19(23)24-3)21-11-20-17-16(18(21)22)14(10-26-17)12-6-8-13(9-7-12)25-5-2/h6-11,15H,4-5H2,1-3H3/t15-/m1/s1. The fourth-order valence-electron chi connectivity index (χ4n) is 2.89. The number of fused-ring (bicyclic) bond motifs is 1. The molecule has 0 saturated carbocycles. The SMILES string of the molecule is CCOc1ccc(-c2csc3ncn([C@H](CC)C(=O)OC)c(=O)c23)cc1. The summed E-state index contributed by atoms with van der Waals surface area (Å²) >= 11 is 1.41. The van der Waals surface area contributed by atoms with E-state index in [1.165, 1.54) is 29.3 Å². The molecule has 0 fully saturated rings. The number of methoxy groups -OCH3 is 1. The molecule has 2 aromatic heterocycles. The van der Waals surface area contributed by atoms with Crippen LogP contribution in [0.15, 0.2) is 40.8 Å². The van der Waals surface area contributed by atoms with Gasteiger partial charge in [-0.05, 0) is 31.0 Å². The first kappa shape index (κ1) is 18.1. The lowest BCUT2D eigenvalue weighted by Gasteiger charge is -2.15. The number of hydrogen-bond donors (Lipinski definition) is 0. The highest BCUT2D eigenvalue weighted by Crippen LogP contribution is 2.32. The van der Waals surface area contributed by atoms with Crippen molar-refractivity contribution < 1.29 is 14.3 Å². The molecule has 0 saturated heterocycles. The van der Waals surface area contributed by atoms with E-state index in [1.807, 2.05) is 43.5 Å². The fourth-order valence-corrected chi connectivity index (χ4v) is 3.80. The van der Waals surface area contributed by atoms with Crippen LogP contribution in [0.25, 0.3) is 21.3 Å². The molecule has 0 unspecified atom stereocenters. The Morgan fingerprint density at radius 2 is 2.00 bits per heavy atom. The highest BCUT2D eigenvalue weighted by molar-refractivity contribution is 7.17. The molecule has 0 bridgehead atoms. The second kappa shape index (κ2) is 7.70. The zero-order chi connectivity index (χ0) is 18.7. The third-order valence-electron chi connectivity index (χ3n) is 4.19. The molecule has 0 amide bonds. The van der Waals surface area contributed by atoms with Crippen molar-refractivity contribution in [3.05, 3.63) is 46.3 Å². The number of aromatic nitrogens is 2. The summed E-state index contributed by atoms with van der Waals surface area (Å²) in [5.41, 5.74) is 1.47. The molecule has 3 aromatic rings. The first-order chi connectivity index (χ1) is 12.6. The van der Waals surface area contributed by atoms with Crippen LogP contribution in [0.5, 0.6) is 5.75 Å². The van der Waals surface area contributed by atoms with E-state index < -0.39 is 12.0 Å². The second-order valence-corrected chi connectivity index (χ2v) is 6.55. The van der Waals surface area contributed by atoms with Gasteiger partial charge in [0.1, 0.15) is 16.6 Å². The zero-order valence-corrected chi connectivity index (χ0v) is 15.7. The molecule has 7 heteroatoms. The molecular formula is C19H20N2O4S. The zero-order valence-electron chi connectivity index (χ0n) is 14.9. The van der Waals surface area contributed by atoms with Crippen LogP contribution in [0, 0.1) is 0 Å². The molecule has 3 rings (SSSR count). The maximum atomic E-state index is 13.1. The van der Waals surface area contributed by atoms with Gasteiger partial charge in [0, 0.05) is 10.9 Å². The lowest BCUT2D eigenvalue weighted by atomic mass is 10.1. The van der Waals surface area contributed by atoms with Gasteiger partial charge in [-0.25, -0.2) is 9.78 Å². The van der Waals surface area contributed by atoms with Crippen LogP contribution in [-0.2, 0) is 9.53 Å². The lowest BCUT2D eigenvalue weighted by Crippen LogP contribution is -2.30. The molecule has 1 atom stereocenters. The Bertz CT molecular complexity index is 975. The topological polar surface area (TPSA) is 70.4 Å². The number of carbonyl (C=O) groups excluding carboxylic acids is 1. The van der Waals surface area contributed by atoms with Crippen molar-refractivity contribution in [2.24, 2.45) is 0 Å². The number of esters is 1. The average Bonchev–Trinajstić information content (AvgIpc) is 3.09. The molecule has 0 N–H and O–H groups in total. The molecule has 0 aliphatic carbocycles. The van der Waals surface area contributed by atoms with Gasteiger partial charge in [-0.1, -0.05) is 19.1 Å². The molecule has 0 aliphatic rings. The lowest BCUT2D eigenvalue weighted by molar-refractivity contribution is -0.144. The van der Waals surface area contributed by atoms with Crippen LogP contribution in [0.3, 0.4) is 0 Å². The third-order valence-corrected chi connectivity index (χ3v) is 5.08. The van der Waals surface area contributed by atoms with E-state index in [9.17, 15) is 9.59 Å². The summed E-state index contributed by atoms with van der Waals surface area (Å²) in [6.45, 7) is 4.36. The van der Waals surface area contributed by atoms with E-state index in [1.54, 1.807) is 0 Å². The highest BCUT2D eigenvalue weighted by atomic mass is 32.1. The molecular weight excluding hydrogens is 352 g/mol. The molecule has 26 heavy (non-hydrogen) atoms. The minimum Gasteiger partial charge on any atom is -0.494 e. The van der Waals surface area contributed by atoms with Crippen molar-refractivity contribution in [2.75, 3.05) is 13.7 Å². The number of carbonyl (C=O) groups is 1. The molecule has 0 aliphatic heterocycles. The van der Waals surface area contributed by atoms with Crippen LogP contribution >= 0.6 is 11.3 Å². The second-order valence-electron chi connectivity index (χ2n) is 5.69. The first-order valence-electron chi connectivity index (χ1n) is 8.40. The Kier molecular flexibility index (Phi) is 5.37. The molecule has 1 aromatic carbocycles. The van der Waals surface area contributed by atoms with Crippen molar-refractivity contribution in [1.82, 2.24) is 9.55 Å². The first-order valence-corrected chi connectivity index (χ1v) is 9.28. The normalized spacial score (nSPS) is 12.1. The van der Waals surface area contributed by atoms with Crippen LogP contribution in [0.1, 0.15) is 26.3 Å². The summed E-state index contributed by atoms with van der Waals surface area (Å²) in [7, 11) is 1.32. The predicted octanol–water partition coefficient (Wildman–Crippen LogP) is 3.65. The quantitative estimate of drug-likeness (QED) is 0.618. The summed E-state index contributed by atoms with van der Waals surface area (Å²) in [5, 5.41) is 2.43. The maximum Gasteiger partial charge on any atom is 0.329 e. The Hall–Kier alpha value is -2.67. The van der Waals surface area contributed by atoms with E-state index in [0.29, 0.717) is 23.2 Å². The highest BCUT2D eigenvalue weighted by Gasteiger charge is 2.23. The van der Waals surface area contributed by atoms with Crippen molar-refractivity contribution >= 4 is 27.5 Å². The van der Waals surface area contributed by atoms with Gasteiger partial charge in [-0.2, -0.15) is 0 Å². The summed E-state index contributed by atoms with van der Waals surface area (Å²) in [4.78, 5) is 30.1. The largest absolute Gasteiger partial charge is 0.494 e. The number of hydrogen-bond acceptors (Lipinski definition) is 6. The summed E-state index contributed by atoms with van der Waals surface area (Å²) in [6, 6.07) is 6.90. The van der Waals surface area contributed by atoms with Gasteiger partial charge in [0.05, 0.1) is 25.4 Å². The fraction of sp³-hybridized carbons (Fsp3) is 0.316. The number of rotatable bonds is 6. The van der Waals surface area contributed by atoms with Gasteiger partial charge >= 0.3 is 5.97 Å². The van der Waals surface area contributed by atoms with Gasteiger partial charge in [0.2, 0.25) is 0 Å². The maximum absolute atomic E-state index is 13.1. The number of thiophene rings is 1. The van der Waals surface area contributed by atoms with Crippen molar-refractivity contribution in [3.63, 3.8) is 0 Å². The molecule has 0 radical (unpaired) electrons. The predicted molar refractivity (Wildman–Crippen MR) is 102 cm³/mol. The molecule has 6 nitrogen and oxygen atoms in total. The van der Waals surface area contributed by atoms with Crippen LogP contribution in [0.4, 0.5) is 0 Å². The summed E-state index contributed by atoms with van der Waals surface area (Å²) in [6.07, 6.45) is 1.87. The van der Waals surface area contributed by atoms with E-state index in [0.717, 1.165) is 16.9 Å². The van der Waals surface area contributed by atoms with Gasteiger partial charge < -0.3 is 9.47 Å². The summed E-state index contributed by atoms with van der Waals surface area (Å²) < 4.78 is 11.6. The van der Waals surface area contributed by atoms with Gasteiger partial charge in [0.25, 0.3) is 5.56 Å². The van der Waals surface area contributed by atoms with E-state index in [4.69, 9.17) is 9.47 Å². The third kappa shape index (κ3) is 3.22. The number of nitrogens with zero attached hydrogens (tertiary/aromatic N) is 2. The molecule has 0 spiro atoms. The number of ether oxygens (including phenoxy) is 2. The Morgan fingerprint density at radius 3 is 2.62 bits per heavy atom. The van der Waals surface area contributed by atoms with Crippen molar-refractivity contribution in [3.8, 4) is 16.9 Å². The number of benzene rings is 1. The minimum absolute atomic E-state index is 0.239. The van der Waals surface area contributed by atoms with E-state index in [-0.39, 0.29) is 5.56 Å². The minimum atomic E-state index is -0.683. The van der Waals surface area contributed by atoms with Crippen molar-refractivity contribution in [2.45, 2.75) is 26.3 Å². The van der Waals surface area contributed by atoms with Crippen LogP contribution in [-0.4, -0.2) is 29.2 Å². The smallest absolute Gasteiger partial charge is 0.329 e. The Labute approximate surface area is 155 Å². The molecule has 2 heterocycles. The Balaban J connectivity index is 2.12. The summed E-state index contributed by atoms with van der Waals surface area (Å²) in [5.74, 6) is 0.330. The van der Waals surface area contributed by atoms with Crippen LogP contribution < -0.4 is 10.3 Å². The van der Waals surface area contributed by atoms with Gasteiger partial charge in [0.15, 0.2) is 0 Å².